The number of phenolic OH excluding ortho intramolecular Hbond substituents is 1. The van der Waals surface area contributed by atoms with E-state index in [0.717, 1.165) is 24.1 Å². The second kappa shape index (κ2) is 17.2. The quantitative estimate of drug-likeness (QED) is 0.0384. The molecule has 24 heteroatoms. The Balaban J connectivity index is 0.00000562. The van der Waals surface area contributed by atoms with Gasteiger partial charge in [0.1, 0.15) is 27.5 Å². The molecule has 10 rings (SSSR count). The van der Waals surface area contributed by atoms with E-state index in [0.29, 0.717) is 36.1 Å². The third kappa shape index (κ3) is 8.81. The molecule has 0 saturated carbocycles. The number of nitrogens with one attached hydrogen (secondary N) is 1. The first-order chi connectivity index (χ1) is 31.4. The molecule has 5 heterocycles. The summed E-state index contributed by atoms with van der Waals surface area (Å²) in [6, 6.07) is 19.5. The third-order valence-corrected chi connectivity index (χ3v) is 14.0. The monoisotopic (exact) mass is 1010 g/mol. The van der Waals surface area contributed by atoms with Crippen molar-refractivity contribution >= 4 is 71.1 Å². The van der Waals surface area contributed by atoms with E-state index in [2.05, 4.69) is 20.3 Å². The molecule has 7 aromatic rings. The number of unbranched alkanes of at least 4 members (excludes halogenated alkanes) is 1. The fraction of sp³-hybridized carbons (Fsp3) is 0.140. The van der Waals surface area contributed by atoms with Crippen LogP contribution >= 0.6 is 21.7 Å². The van der Waals surface area contributed by atoms with Gasteiger partial charge >= 0.3 is 17.1 Å². The fourth-order valence-electron chi connectivity index (χ4n) is 8.10. The normalized spacial score (nSPS) is 13.8. The zero-order chi connectivity index (χ0) is 46.3. The van der Waals surface area contributed by atoms with Gasteiger partial charge in [0.2, 0.25) is 0 Å². The molecule has 20 nitrogen and oxygen atoms in total. The molecule has 8 bridgehead atoms. The number of phenols is 1. The number of amides is 1. The average Bonchev–Trinajstić information content (AvgIpc) is 4.00. The van der Waals surface area contributed by atoms with Gasteiger partial charge in [0.15, 0.2) is 0 Å². The Kier molecular flexibility index (Phi) is 11.8. The molecule has 4 aromatic carbocycles. The number of carbonyl (C=O) groups is 1. The number of aryl methyl sites for hydroxylation is 1. The van der Waals surface area contributed by atoms with Gasteiger partial charge < -0.3 is 67.6 Å². The predicted octanol–water partition coefficient (Wildman–Crippen LogP) is 7.47. The van der Waals surface area contributed by atoms with Crippen LogP contribution < -0.4 is 15.3 Å². The number of aromatic hydroxyl groups is 1. The second-order valence-electron chi connectivity index (χ2n) is 15.5. The van der Waals surface area contributed by atoms with E-state index in [4.69, 9.17) is 24.9 Å². The van der Waals surface area contributed by atoms with Crippen molar-refractivity contribution in [3.05, 3.63) is 112 Å². The van der Waals surface area contributed by atoms with Crippen LogP contribution in [0.5, 0.6) is 5.75 Å². The zero-order valence-electron chi connectivity index (χ0n) is 34.3. The van der Waals surface area contributed by atoms with Gasteiger partial charge in [-0.2, -0.15) is 8.42 Å². The van der Waals surface area contributed by atoms with Crippen molar-refractivity contribution in [2.75, 3.05) is 6.54 Å². The molecule has 344 valence electrons. The third-order valence-electron chi connectivity index (χ3n) is 11.3. The number of hydrogen-bond donors (Lipinski definition) is 9. The Morgan fingerprint density at radius 2 is 1.28 bits per heavy atom. The van der Waals surface area contributed by atoms with Gasteiger partial charge in [0.25, 0.3) is 16.0 Å². The maximum atomic E-state index is 14.0. The topological polar surface area (TPSA) is 331 Å². The van der Waals surface area contributed by atoms with Crippen molar-refractivity contribution in [1.29, 1.82) is 0 Å². The van der Waals surface area contributed by atoms with Gasteiger partial charge in [-0.3, -0.25) is 9.35 Å². The summed E-state index contributed by atoms with van der Waals surface area (Å²) in [4.78, 5) is 51.3. The van der Waals surface area contributed by atoms with Crippen LogP contribution in [0.3, 0.4) is 0 Å². The van der Waals surface area contributed by atoms with Crippen molar-refractivity contribution < 1.29 is 67.3 Å². The Hall–Kier alpha value is -6.12. The van der Waals surface area contributed by atoms with E-state index in [-0.39, 0.29) is 124 Å². The summed E-state index contributed by atoms with van der Waals surface area (Å²) in [6.07, 6.45) is 3.34. The van der Waals surface area contributed by atoms with E-state index in [1.54, 1.807) is 36.4 Å². The number of aromatic nitrogens is 8. The molecular formula is C43H35FeN9O11S3. The van der Waals surface area contributed by atoms with Gasteiger partial charge in [-0.15, -0.1) is 0 Å². The minimum atomic E-state index is -4.75. The summed E-state index contributed by atoms with van der Waals surface area (Å²) in [5, 5.41) is 13.1. The van der Waals surface area contributed by atoms with E-state index < -0.39 is 42.7 Å². The summed E-state index contributed by atoms with van der Waals surface area (Å²) in [5.74, 6) is -0.319. The van der Waals surface area contributed by atoms with Crippen LogP contribution in [0.2, 0.25) is 0 Å². The number of carbonyl (C=O) groups excluding carboxylic acids is 1. The first-order valence-corrected chi connectivity index (χ1v) is 24.4. The molecule has 1 amide bonds. The zero-order valence-corrected chi connectivity index (χ0v) is 37.8. The molecule has 1 aliphatic carbocycles. The molecule has 67 heavy (non-hydrogen) atoms. The number of allylic oxidation sites excluding steroid dienone is 2. The van der Waals surface area contributed by atoms with Crippen LogP contribution in [0.4, 0.5) is 0 Å². The molecule has 3 aromatic heterocycles. The van der Waals surface area contributed by atoms with Crippen molar-refractivity contribution in [2.45, 2.75) is 41.9 Å². The van der Waals surface area contributed by atoms with Crippen LogP contribution in [-0.2, 0) is 46.4 Å². The van der Waals surface area contributed by atoms with Crippen LogP contribution in [-0.4, -0.2) is 87.7 Å². The van der Waals surface area contributed by atoms with Crippen LogP contribution in [0.15, 0.2) is 99.6 Å². The van der Waals surface area contributed by atoms with E-state index in [9.17, 15) is 50.2 Å². The van der Waals surface area contributed by atoms with Gasteiger partial charge in [-0.1, -0.05) is 42.5 Å². The second-order valence-corrected chi connectivity index (χ2v) is 20.0. The smallest absolute Gasteiger partial charge is 0.508 e. The fourth-order valence-corrected chi connectivity index (χ4v) is 9.78. The van der Waals surface area contributed by atoms with Crippen LogP contribution in [0.25, 0.3) is 78.9 Å². The first kappa shape index (κ1) is 46.0. The van der Waals surface area contributed by atoms with Crippen LogP contribution in [0, 0.1) is 0 Å². The molecule has 0 spiro atoms. The predicted molar refractivity (Wildman–Crippen MR) is 244 cm³/mol. The maximum absolute atomic E-state index is 14.0. The van der Waals surface area contributed by atoms with Crippen molar-refractivity contribution in [3.8, 4) is 51.3 Å². The van der Waals surface area contributed by atoms with Crippen LogP contribution in [0.1, 0.15) is 39.9 Å². The van der Waals surface area contributed by atoms with Gasteiger partial charge in [-0.25, -0.2) is 9.97 Å². The minimum absolute atomic E-state index is 0. The summed E-state index contributed by atoms with van der Waals surface area (Å²) >= 11 is 0. The molecule has 0 atom stereocenters. The molecular weight excluding hydrogens is 971 g/mol. The van der Waals surface area contributed by atoms with Gasteiger partial charge in [0, 0.05) is 68.3 Å². The largest absolute Gasteiger partial charge is 2.00 e. The summed E-state index contributed by atoms with van der Waals surface area (Å²) in [5.41, 5.74) is 3.12. The maximum Gasteiger partial charge on any atom is 2.00 e. The molecule has 2 aliphatic heterocycles. The van der Waals surface area contributed by atoms with Crippen molar-refractivity contribution in [1.82, 2.24) is 45.2 Å². The average molecular weight is 1010 g/mol. The van der Waals surface area contributed by atoms with E-state index in [1.807, 2.05) is 6.07 Å². The number of rotatable bonds is 9. The van der Waals surface area contributed by atoms with E-state index >= 15 is 0 Å². The van der Waals surface area contributed by atoms with Crippen molar-refractivity contribution in [2.24, 2.45) is 0 Å². The number of benzene rings is 4. The molecule has 0 fully saturated rings. The summed E-state index contributed by atoms with van der Waals surface area (Å²) < 4.78 is 96.3. The SMILES string of the molecule is O=C(NCCCCc1cccc(O)c1)c1cccc2c1-c1nc-2nc2[n-]c(nc3nc(nc4[n-]c(n1)c1ccc(S(=O)(=O)O)cc41)-c1cc(S(O)(O)O)ccc1-3)c1c2CC=C(S(O)(O)O)C1.[Fe+2]. The van der Waals surface area contributed by atoms with Gasteiger partial charge in [-0.05, 0) is 95.6 Å². The molecule has 0 radical (unpaired) electrons. The Labute approximate surface area is 393 Å². The molecule has 9 N–H and O–H groups in total. The van der Waals surface area contributed by atoms with Gasteiger partial charge in [0.05, 0.1) is 33.1 Å². The Bertz CT molecular complexity index is 3540. The summed E-state index contributed by atoms with van der Waals surface area (Å²) in [6.45, 7) is 0.316. The Morgan fingerprint density at radius 1 is 0.627 bits per heavy atom. The standard InChI is InChI=1S/C43H36N9O11S3.Fe/c53-22-7-3-6-21(17-22)5-1-2-16-44-43(54)30-9-4-8-29-34(30)42-51-37-28-15-12-25(66(61,62)63)20-33(28)41(49-37)50-40-32-19-24(65(58,59)60)11-14-27(32)36(48-40)47-39-31-18-23(64(55,56)57)10-13-26(31)35(46-39)45-38(29)52-42;/h3-4,6-12,14-15,17,19-20H,1-2,5,13,16,18H2,(H10-,44,45,46,47,48,49,50,51,52,53,54,55,56,57,58,59,60,61,62,63);/q-1;+2/p-1. The van der Waals surface area contributed by atoms with E-state index in [1.165, 1.54) is 30.3 Å². The molecule has 0 unspecified atom stereocenters. The first-order valence-electron chi connectivity index (χ1n) is 20.0. The number of hydrogen-bond acceptors (Lipinski definition) is 16. The number of nitrogens with zero attached hydrogens (tertiary/aromatic N) is 8. The Morgan fingerprint density at radius 3 is 2.03 bits per heavy atom. The molecule has 0 saturated heterocycles. The van der Waals surface area contributed by atoms with Crippen molar-refractivity contribution in [3.63, 3.8) is 0 Å². The molecule has 3 aliphatic rings. The summed E-state index contributed by atoms with van der Waals surface area (Å²) in [7, 11) is -13.1. The minimum Gasteiger partial charge on any atom is -0.508 e. The number of fused-ring (bicyclic) bond motifs is 20.